The van der Waals surface area contributed by atoms with Crippen LogP contribution in [0.1, 0.15) is 65.5 Å². The Morgan fingerprint density at radius 3 is 2.55 bits per heavy atom. The maximum atomic E-state index is 12.7. The molecular weight excluding hydrogens is 416 g/mol. The summed E-state index contributed by atoms with van der Waals surface area (Å²) in [5.41, 5.74) is 4.77. The molecule has 0 saturated heterocycles. The second kappa shape index (κ2) is 8.65. The van der Waals surface area contributed by atoms with E-state index in [9.17, 15) is 14.7 Å². The largest absolute Gasteiger partial charge is 0.478 e. The molecule has 2 aromatic carbocycles. The molecule has 2 N–H and O–H groups in total. The number of imidazole rings is 1. The number of carboxylic acids is 1. The van der Waals surface area contributed by atoms with Crippen LogP contribution in [-0.4, -0.2) is 30.8 Å². The van der Waals surface area contributed by atoms with Crippen molar-refractivity contribution < 1.29 is 9.90 Å². The maximum Gasteiger partial charge on any atom is 0.336 e. The van der Waals surface area contributed by atoms with Crippen molar-refractivity contribution in [2.45, 2.75) is 51.5 Å². The molecule has 0 spiro atoms. The molecule has 4 aromatic rings. The van der Waals surface area contributed by atoms with Gasteiger partial charge in [0.2, 0.25) is 0 Å². The highest BCUT2D eigenvalue weighted by molar-refractivity contribution is 5.96. The van der Waals surface area contributed by atoms with Crippen LogP contribution >= 0.6 is 0 Å². The van der Waals surface area contributed by atoms with Gasteiger partial charge < -0.3 is 9.67 Å². The lowest BCUT2D eigenvalue weighted by molar-refractivity contribution is 0.0697. The Labute approximate surface area is 191 Å². The SMILES string of the molecule is Cc1nc2c(C3CCCCC3)n[nH]c(=O)c2n1Cc1ccc(-c2ccccc2C(=O)O)cc1. The molecule has 1 saturated carbocycles. The van der Waals surface area contributed by atoms with Gasteiger partial charge in [-0.1, -0.05) is 61.7 Å². The zero-order valence-electron chi connectivity index (χ0n) is 18.5. The van der Waals surface area contributed by atoms with Crippen molar-refractivity contribution in [2.75, 3.05) is 0 Å². The summed E-state index contributed by atoms with van der Waals surface area (Å²) in [4.78, 5) is 29.1. The summed E-state index contributed by atoms with van der Waals surface area (Å²) < 4.78 is 1.95. The average molecular weight is 443 g/mol. The molecule has 0 unspecified atom stereocenters. The van der Waals surface area contributed by atoms with Gasteiger partial charge in [-0.2, -0.15) is 5.10 Å². The summed E-state index contributed by atoms with van der Waals surface area (Å²) in [7, 11) is 0. The fourth-order valence-electron chi connectivity index (χ4n) is 4.94. The number of aromatic carboxylic acids is 1. The lowest BCUT2D eigenvalue weighted by Crippen LogP contribution is -2.17. The molecule has 0 amide bonds. The van der Waals surface area contributed by atoms with Gasteiger partial charge in [-0.3, -0.25) is 4.79 Å². The molecule has 0 aliphatic heterocycles. The number of benzene rings is 2. The number of rotatable bonds is 5. The predicted octanol–water partition coefficient (Wildman–Crippen LogP) is 4.89. The summed E-state index contributed by atoms with van der Waals surface area (Å²) in [6, 6.07) is 14.8. The third-order valence-electron chi connectivity index (χ3n) is 6.65. The molecule has 2 heterocycles. The monoisotopic (exact) mass is 442 g/mol. The number of aryl methyl sites for hydroxylation is 1. The highest BCUT2D eigenvalue weighted by Gasteiger charge is 2.24. The van der Waals surface area contributed by atoms with Crippen molar-refractivity contribution >= 4 is 17.0 Å². The van der Waals surface area contributed by atoms with Crippen molar-refractivity contribution in [3.8, 4) is 11.1 Å². The number of carbonyl (C=O) groups is 1. The van der Waals surface area contributed by atoms with E-state index in [0.717, 1.165) is 41.0 Å². The van der Waals surface area contributed by atoms with Crippen LogP contribution < -0.4 is 5.56 Å². The van der Waals surface area contributed by atoms with E-state index >= 15 is 0 Å². The second-order valence-corrected chi connectivity index (χ2v) is 8.76. The number of hydrogen-bond donors (Lipinski definition) is 2. The van der Waals surface area contributed by atoms with Crippen molar-refractivity contribution in [1.29, 1.82) is 0 Å². The highest BCUT2D eigenvalue weighted by atomic mass is 16.4. The van der Waals surface area contributed by atoms with Gasteiger partial charge in [0.15, 0.2) is 0 Å². The molecule has 0 radical (unpaired) electrons. The Hall–Kier alpha value is -3.74. The topological polar surface area (TPSA) is 101 Å². The molecule has 1 aliphatic rings. The predicted molar refractivity (Wildman–Crippen MR) is 127 cm³/mol. The van der Waals surface area contributed by atoms with Crippen molar-refractivity contribution in [2.24, 2.45) is 0 Å². The molecule has 0 bridgehead atoms. The van der Waals surface area contributed by atoms with Crippen molar-refractivity contribution in [1.82, 2.24) is 19.7 Å². The van der Waals surface area contributed by atoms with Gasteiger partial charge in [0.1, 0.15) is 16.9 Å². The van der Waals surface area contributed by atoms with Gasteiger partial charge in [-0.15, -0.1) is 0 Å². The van der Waals surface area contributed by atoms with E-state index in [4.69, 9.17) is 4.98 Å². The minimum absolute atomic E-state index is 0.225. The molecular formula is C26H26N4O3. The first kappa shape index (κ1) is 21.1. The van der Waals surface area contributed by atoms with Crippen LogP contribution in [0, 0.1) is 6.92 Å². The number of H-pyrrole nitrogens is 1. The van der Waals surface area contributed by atoms with Crippen LogP contribution in [0.3, 0.4) is 0 Å². The maximum absolute atomic E-state index is 12.7. The summed E-state index contributed by atoms with van der Waals surface area (Å²) in [6.45, 7) is 2.42. The fourth-order valence-corrected chi connectivity index (χ4v) is 4.94. The molecule has 33 heavy (non-hydrogen) atoms. The Morgan fingerprint density at radius 2 is 1.82 bits per heavy atom. The first-order valence-electron chi connectivity index (χ1n) is 11.4. The van der Waals surface area contributed by atoms with E-state index in [1.807, 2.05) is 47.9 Å². The van der Waals surface area contributed by atoms with Crippen LogP contribution in [0.5, 0.6) is 0 Å². The third-order valence-corrected chi connectivity index (χ3v) is 6.65. The van der Waals surface area contributed by atoms with Crippen LogP contribution in [0.15, 0.2) is 53.3 Å². The number of nitrogens with zero attached hydrogens (tertiary/aromatic N) is 3. The summed E-state index contributed by atoms with van der Waals surface area (Å²) >= 11 is 0. The Kier molecular flexibility index (Phi) is 5.54. The molecule has 1 aliphatic carbocycles. The molecule has 1 fully saturated rings. The van der Waals surface area contributed by atoms with Gasteiger partial charge in [0.25, 0.3) is 5.56 Å². The second-order valence-electron chi connectivity index (χ2n) is 8.76. The van der Waals surface area contributed by atoms with Gasteiger partial charge >= 0.3 is 5.97 Å². The summed E-state index contributed by atoms with van der Waals surface area (Å²) in [5, 5.41) is 16.6. The summed E-state index contributed by atoms with van der Waals surface area (Å²) in [6.07, 6.45) is 5.79. The smallest absolute Gasteiger partial charge is 0.336 e. The molecule has 5 rings (SSSR count). The number of hydrogen-bond acceptors (Lipinski definition) is 4. The molecule has 7 nitrogen and oxygen atoms in total. The first-order chi connectivity index (χ1) is 16.0. The van der Waals surface area contributed by atoms with E-state index in [1.165, 1.54) is 19.3 Å². The molecule has 2 aromatic heterocycles. The van der Waals surface area contributed by atoms with E-state index in [1.54, 1.807) is 12.1 Å². The normalized spacial score (nSPS) is 14.6. The Balaban J connectivity index is 1.49. The van der Waals surface area contributed by atoms with E-state index in [0.29, 0.717) is 23.5 Å². The standard InChI is InChI=1S/C26H26N4O3/c1-16-27-23-22(19-7-3-2-4-8-19)28-29-25(31)24(23)30(16)15-17-11-13-18(14-12-17)20-9-5-6-10-21(20)26(32)33/h5-6,9-14,19H,2-4,7-8,15H2,1H3,(H,29,31)(H,32,33). The van der Waals surface area contributed by atoms with Gasteiger partial charge in [0, 0.05) is 12.5 Å². The minimum atomic E-state index is -0.947. The van der Waals surface area contributed by atoms with Crippen LogP contribution in [-0.2, 0) is 6.54 Å². The van der Waals surface area contributed by atoms with E-state index < -0.39 is 5.97 Å². The number of carboxylic acid groups (broad SMARTS) is 1. The third kappa shape index (κ3) is 3.95. The van der Waals surface area contributed by atoms with Crippen molar-refractivity contribution in [3.63, 3.8) is 0 Å². The molecule has 168 valence electrons. The van der Waals surface area contributed by atoms with Crippen LogP contribution in [0.2, 0.25) is 0 Å². The van der Waals surface area contributed by atoms with Gasteiger partial charge in [-0.25, -0.2) is 14.9 Å². The number of nitrogens with one attached hydrogen (secondary N) is 1. The average Bonchev–Trinajstić information content (AvgIpc) is 3.17. The first-order valence-corrected chi connectivity index (χ1v) is 11.4. The van der Waals surface area contributed by atoms with Gasteiger partial charge in [0.05, 0.1) is 11.3 Å². The van der Waals surface area contributed by atoms with Crippen molar-refractivity contribution in [3.05, 3.63) is 81.5 Å². The number of aromatic amines is 1. The Morgan fingerprint density at radius 1 is 1.09 bits per heavy atom. The van der Waals surface area contributed by atoms with Crippen LogP contribution in [0.25, 0.3) is 22.2 Å². The quantitative estimate of drug-likeness (QED) is 0.458. The van der Waals surface area contributed by atoms with Gasteiger partial charge in [-0.05, 0) is 42.5 Å². The number of aromatic nitrogens is 4. The zero-order valence-corrected chi connectivity index (χ0v) is 18.5. The Bertz CT molecular complexity index is 1380. The summed E-state index contributed by atoms with van der Waals surface area (Å²) in [5.74, 6) is 0.173. The highest BCUT2D eigenvalue weighted by Crippen LogP contribution is 2.34. The molecule has 7 heteroatoms. The zero-order chi connectivity index (χ0) is 22.9. The molecule has 0 atom stereocenters. The minimum Gasteiger partial charge on any atom is -0.478 e. The van der Waals surface area contributed by atoms with E-state index in [-0.39, 0.29) is 11.1 Å². The van der Waals surface area contributed by atoms with Crippen LogP contribution in [0.4, 0.5) is 0 Å². The lowest BCUT2D eigenvalue weighted by atomic mass is 9.86. The fraction of sp³-hybridized carbons (Fsp3) is 0.308. The lowest BCUT2D eigenvalue weighted by Gasteiger charge is -2.20. The van der Waals surface area contributed by atoms with E-state index in [2.05, 4.69) is 10.2 Å². The number of fused-ring (bicyclic) bond motifs is 1.